The number of carbonyl (C=O) groups is 2. The van der Waals surface area contributed by atoms with Crippen molar-refractivity contribution in [2.24, 2.45) is 0 Å². The third-order valence-corrected chi connectivity index (χ3v) is 6.32. The molecule has 0 aliphatic carbocycles. The minimum absolute atomic E-state index is 0.0451. The molecule has 31 heavy (non-hydrogen) atoms. The van der Waals surface area contributed by atoms with Crippen molar-refractivity contribution < 1.29 is 14.0 Å². The molecule has 0 atom stereocenters. The quantitative estimate of drug-likeness (QED) is 0.737. The lowest BCUT2D eigenvalue weighted by molar-refractivity contribution is -0.130. The molecule has 5 nitrogen and oxygen atoms in total. The summed E-state index contributed by atoms with van der Waals surface area (Å²) in [4.78, 5) is 31.7. The standard InChI is InChI=1S/C25H30FN3O2/c26-23-10-8-21(9-11-23)20-4-6-22(7-5-20)25(31)29-15-12-24(30)28(18-19-29)17-16-27-13-2-1-3-14-27/h4-11H,1-3,12-19H2. The van der Waals surface area contributed by atoms with Crippen LogP contribution in [0.3, 0.4) is 0 Å². The van der Waals surface area contributed by atoms with Crippen LogP contribution in [0.15, 0.2) is 48.5 Å². The molecule has 0 radical (unpaired) electrons. The van der Waals surface area contributed by atoms with Gasteiger partial charge in [-0.2, -0.15) is 0 Å². The molecule has 2 saturated heterocycles. The zero-order valence-electron chi connectivity index (χ0n) is 17.9. The second-order valence-corrected chi connectivity index (χ2v) is 8.41. The smallest absolute Gasteiger partial charge is 0.253 e. The third-order valence-electron chi connectivity index (χ3n) is 6.32. The lowest BCUT2D eigenvalue weighted by Crippen LogP contribution is -2.41. The van der Waals surface area contributed by atoms with Gasteiger partial charge in [0.2, 0.25) is 5.91 Å². The maximum absolute atomic E-state index is 13.1. The molecule has 2 heterocycles. The highest BCUT2D eigenvalue weighted by Gasteiger charge is 2.25. The molecule has 0 spiro atoms. The monoisotopic (exact) mass is 423 g/mol. The summed E-state index contributed by atoms with van der Waals surface area (Å²) in [6, 6.07) is 13.7. The Hall–Kier alpha value is -2.73. The van der Waals surface area contributed by atoms with E-state index >= 15 is 0 Å². The van der Waals surface area contributed by atoms with Crippen LogP contribution in [0, 0.1) is 5.82 Å². The Morgan fingerprint density at radius 2 is 1.42 bits per heavy atom. The first-order valence-corrected chi connectivity index (χ1v) is 11.3. The Morgan fingerprint density at radius 3 is 2.10 bits per heavy atom. The molecule has 6 heteroatoms. The molecule has 0 saturated carbocycles. The maximum Gasteiger partial charge on any atom is 0.253 e. The van der Waals surface area contributed by atoms with Gasteiger partial charge in [-0.15, -0.1) is 0 Å². The van der Waals surface area contributed by atoms with Gasteiger partial charge in [0.25, 0.3) is 5.91 Å². The topological polar surface area (TPSA) is 43.9 Å². The zero-order chi connectivity index (χ0) is 21.6. The average Bonchev–Trinajstić information content (AvgIpc) is 3.00. The van der Waals surface area contributed by atoms with E-state index in [0.717, 1.165) is 37.3 Å². The van der Waals surface area contributed by atoms with Gasteiger partial charge in [-0.1, -0.05) is 30.7 Å². The van der Waals surface area contributed by atoms with Crippen LogP contribution in [0.2, 0.25) is 0 Å². The minimum Gasteiger partial charge on any atom is -0.340 e. The minimum atomic E-state index is -0.267. The molecule has 2 aliphatic rings. The van der Waals surface area contributed by atoms with Crippen LogP contribution < -0.4 is 0 Å². The second kappa shape index (κ2) is 10.1. The molecule has 0 aromatic heterocycles. The Balaban J connectivity index is 1.34. The SMILES string of the molecule is O=C1CCN(C(=O)c2ccc(-c3ccc(F)cc3)cc2)CCN1CCN1CCCCC1. The molecule has 2 aromatic rings. The van der Waals surface area contributed by atoms with Crippen molar-refractivity contribution in [1.29, 1.82) is 0 Å². The second-order valence-electron chi connectivity index (χ2n) is 8.41. The molecule has 2 aromatic carbocycles. The van der Waals surface area contributed by atoms with Crippen molar-refractivity contribution >= 4 is 11.8 Å². The van der Waals surface area contributed by atoms with Crippen LogP contribution in [-0.2, 0) is 4.79 Å². The van der Waals surface area contributed by atoms with Gasteiger partial charge in [-0.25, -0.2) is 4.39 Å². The van der Waals surface area contributed by atoms with E-state index in [1.807, 2.05) is 29.2 Å². The highest BCUT2D eigenvalue weighted by Crippen LogP contribution is 2.21. The van der Waals surface area contributed by atoms with Gasteiger partial charge in [0.05, 0.1) is 0 Å². The van der Waals surface area contributed by atoms with Crippen molar-refractivity contribution in [2.75, 3.05) is 45.8 Å². The molecule has 164 valence electrons. The normalized spacial score (nSPS) is 18.2. The summed E-state index contributed by atoms with van der Waals surface area (Å²) in [7, 11) is 0. The number of rotatable bonds is 5. The van der Waals surface area contributed by atoms with Gasteiger partial charge in [-0.3, -0.25) is 9.59 Å². The van der Waals surface area contributed by atoms with Gasteiger partial charge in [0.1, 0.15) is 5.82 Å². The lowest BCUT2D eigenvalue weighted by atomic mass is 10.0. The van der Waals surface area contributed by atoms with Crippen molar-refractivity contribution in [3.05, 3.63) is 59.9 Å². The summed E-state index contributed by atoms with van der Waals surface area (Å²) < 4.78 is 13.1. The van der Waals surface area contributed by atoms with Crippen LogP contribution in [-0.4, -0.2) is 72.3 Å². The van der Waals surface area contributed by atoms with Gasteiger partial charge in [-0.05, 0) is 61.3 Å². The van der Waals surface area contributed by atoms with E-state index in [-0.39, 0.29) is 17.6 Å². The van der Waals surface area contributed by atoms with Gasteiger partial charge in [0, 0.05) is 44.7 Å². The number of carbonyl (C=O) groups excluding carboxylic acids is 2. The average molecular weight is 424 g/mol. The number of nitrogens with zero attached hydrogens (tertiary/aromatic N) is 3. The zero-order valence-corrected chi connectivity index (χ0v) is 17.9. The number of amides is 2. The van der Waals surface area contributed by atoms with Crippen molar-refractivity contribution in [1.82, 2.24) is 14.7 Å². The fraction of sp³-hybridized carbons (Fsp3) is 0.440. The van der Waals surface area contributed by atoms with Crippen LogP contribution in [0.25, 0.3) is 11.1 Å². The molecule has 0 N–H and O–H groups in total. The summed E-state index contributed by atoms with van der Waals surface area (Å²) in [6.07, 6.45) is 4.17. The molecule has 2 fully saturated rings. The molecular formula is C25H30FN3O2. The van der Waals surface area contributed by atoms with E-state index < -0.39 is 0 Å². The van der Waals surface area contributed by atoms with Crippen LogP contribution in [0.5, 0.6) is 0 Å². The summed E-state index contributed by atoms with van der Waals surface area (Å²) in [6.45, 7) is 5.52. The lowest BCUT2D eigenvalue weighted by Gasteiger charge is -2.29. The van der Waals surface area contributed by atoms with E-state index in [2.05, 4.69) is 4.90 Å². The van der Waals surface area contributed by atoms with Crippen LogP contribution in [0.4, 0.5) is 4.39 Å². The van der Waals surface area contributed by atoms with Crippen LogP contribution in [0.1, 0.15) is 36.0 Å². The largest absolute Gasteiger partial charge is 0.340 e. The number of likely N-dealkylation sites (tertiary alicyclic amines) is 1. The first-order valence-electron chi connectivity index (χ1n) is 11.3. The van der Waals surface area contributed by atoms with Crippen molar-refractivity contribution in [3.63, 3.8) is 0 Å². The van der Waals surface area contributed by atoms with Crippen LogP contribution >= 0.6 is 0 Å². The predicted octanol–water partition coefficient (Wildman–Crippen LogP) is 3.65. The Labute approximate surface area is 183 Å². The van der Waals surface area contributed by atoms with E-state index in [9.17, 15) is 14.0 Å². The van der Waals surface area contributed by atoms with Crippen molar-refractivity contribution in [2.45, 2.75) is 25.7 Å². The molecule has 4 rings (SSSR count). The highest BCUT2D eigenvalue weighted by molar-refractivity contribution is 5.95. The number of hydrogen-bond acceptors (Lipinski definition) is 3. The van der Waals surface area contributed by atoms with E-state index in [1.165, 1.54) is 31.4 Å². The first-order chi connectivity index (χ1) is 15.1. The molecule has 2 amide bonds. The summed E-state index contributed by atoms with van der Waals surface area (Å²) in [5.41, 5.74) is 2.46. The molecule has 0 bridgehead atoms. The number of benzene rings is 2. The first kappa shape index (κ1) is 21.5. The number of halogens is 1. The summed E-state index contributed by atoms with van der Waals surface area (Å²) >= 11 is 0. The van der Waals surface area contributed by atoms with E-state index in [0.29, 0.717) is 31.6 Å². The summed E-state index contributed by atoms with van der Waals surface area (Å²) in [5.74, 6) is -0.175. The predicted molar refractivity (Wildman–Crippen MR) is 119 cm³/mol. The Kier molecular flexibility index (Phi) is 6.97. The molecule has 2 aliphatic heterocycles. The maximum atomic E-state index is 13.1. The number of hydrogen-bond donors (Lipinski definition) is 0. The Bertz CT molecular complexity index is 892. The van der Waals surface area contributed by atoms with Gasteiger partial charge in [0.15, 0.2) is 0 Å². The van der Waals surface area contributed by atoms with Gasteiger partial charge < -0.3 is 14.7 Å². The Morgan fingerprint density at radius 1 is 0.774 bits per heavy atom. The summed E-state index contributed by atoms with van der Waals surface area (Å²) in [5, 5.41) is 0. The fourth-order valence-corrected chi connectivity index (χ4v) is 4.38. The molecule has 0 unspecified atom stereocenters. The van der Waals surface area contributed by atoms with Crippen molar-refractivity contribution in [3.8, 4) is 11.1 Å². The van der Waals surface area contributed by atoms with E-state index in [1.54, 1.807) is 17.0 Å². The third kappa shape index (κ3) is 5.50. The fourth-order valence-electron chi connectivity index (χ4n) is 4.38. The number of piperidine rings is 1. The van der Waals surface area contributed by atoms with E-state index in [4.69, 9.17) is 0 Å². The van der Waals surface area contributed by atoms with Gasteiger partial charge >= 0.3 is 0 Å². The highest BCUT2D eigenvalue weighted by atomic mass is 19.1. The molecular weight excluding hydrogens is 393 g/mol.